The van der Waals surface area contributed by atoms with E-state index in [-0.39, 0.29) is 29.8 Å². The highest BCUT2D eigenvalue weighted by atomic mass is 127. The van der Waals surface area contributed by atoms with Crippen LogP contribution in [0.3, 0.4) is 0 Å². The predicted octanol–water partition coefficient (Wildman–Crippen LogP) is 3.79. The van der Waals surface area contributed by atoms with E-state index in [2.05, 4.69) is 9.98 Å². The number of pyridine rings is 1. The molecule has 1 aromatic heterocycles. The summed E-state index contributed by atoms with van der Waals surface area (Å²) in [4.78, 5) is 10.5. The summed E-state index contributed by atoms with van der Waals surface area (Å²) in [7, 11) is 0. The number of nitrogens with two attached hydrogens (primary N) is 1. The van der Waals surface area contributed by atoms with Crippen molar-refractivity contribution in [3.63, 3.8) is 0 Å². The van der Waals surface area contributed by atoms with E-state index in [1.54, 1.807) is 24.4 Å². The lowest BCUT2D eigenvalue weighted by Gasteiger charge is -2.19. The van der Waals surface area contributed by atoms with Crippen molar-refractivity contribution in [3.05, 3.63) is 54.0 Å². The van der Waals surface area contributed by atoms with Crippen molar-refractivity contribution in [2.24, 2.45) is 10.7 Å². The third-order valence-corrected chi connectivity index (χ3v) is 3.35. The molecule has 5 nitrogen and oxygen atoms in total. The van der Waals surface area contributed by atoms with Gasteiger partial charge in [0.1, 0.15) is 11.6 Å². The molecular formula is C17H22FIN4O. The lowest BCUT2D eigenvalue weighted by atomic mass is 10.2. The van der Waals surface area contributed by atoms with Gasteiger partial charge >= 0.3 is 0 Å². The molecule has 0 atom stereocenters. The van der Waals surface area contributed by atoms with E-state index in [1.165, 1.54) is 12.1 Å². The van der Waals surface area contributed by atoms with Crippen molar-refractivity contribution in [1.82, 2.24) is 9.88 Å². The summed E-state index contributed by atoms with van der Waals surface area (Å²) in [5.41, 5.74) is 6.89. The Labute approximate surface area is 158 Å². The molecule has 0 unspecified atom stereocenters. The van der Waals surface area contributed by atoms with Crippen molar-refractivity contribution in [1.29, 1.82) is 0 Å². The maximum absolute atomic E-state index is 12.9. The van der Waals surface area contributed by atoms with Gasteiger partial charge in [-0.2, -0.15) is 0 Å². The molecule has 2 rings (SSSR count). The number of nitrogens with zero attached hydrogens (tertiary/aromatic N) is 3. The third kappa shape index (κ3) is 5.95. The van der Waals surface area contributed by atoms with E-state index in [4.69, 9.17) is 10.5 Å². The normalized spacial score (nSPS) is 10.9. The van der Waals surface area contributed by atoms with Crippen LogP contribution in [0.4, 0.5) is 4.39 Å². The second-order valence-corrected chi connectivity index (χ2v) is 4.91. The Kier molecular flexibility index (Phi) is 8.45. The minimum Gasteiger partial charge on any atom is -0.439 e. The molecule has 0 saturated heterocycles. The number of ether oxygens (including phenoxy) is 1. The van der Waals surface area contributed by atoms with Crippen LogP contribution in [0.25, 0.3) is 0 Å². The van der Waals surface area contributed by atoms with Gasteiger partial charge in [0.25, 0.3) is 0 Å². The lowest BCUT2D eigenvalue weighted by Crippen LogP contribution is -2.37. The Morgan fingerprint density at radius 1 is 1.21 bits per heavy atom. The first kappa shape index (κ1) is 20.1. The number of hydrogen-bond acceptors (Lipinski definition) is 3. The van der Waals surface area contributed by atoms with Gasteiger partial charge in [0, 0.05) is 25.4 Å². The maximum atomic E-state index is 12.9. The van der Waals surface area contributed by atoms with Gasteiger partial charge in [0.2, 0.25) is 5.88 Å². The first-order valence-corrected chi connectivity index (χ1v) is 7.55. The van der Waals surface area contributed by atoms with Crippen LogP contribution in [0.5, 0.6) is 11.6 Å². The number of aromatic nitrogens is 1. The minimum atomic E-state index is -0.305. The van der Waals surface area contributed by atoms with Crippen molar-refractivity contribution in [2.45, 2.75) is 20.4 Å². The minimum absolute atomic E-state index is 0. The summed E-state index contributed by atoms with van der Waals surface area (Å²) in [5, 5.41) is 0. The van der Waals surface area contributed by atoms with Gasteiger partial charge in [0.05, 0.1) is 6.54 Å². The summed E-state index contributed by atoms with van der Waals surface area (Å²) in [5.74, 6) is 1.18. The van der Waals surface area contributed by atoms with Crippen LogP contribution in [0.15, 0.2) is 47.6 Å². The summed E-state index contributed by atoms with van der Waals surface area (Å²) in [6.07, 6.45) is 1.65. The summed E-state index contributed by atoms with van der Waals surface area (Å²) < 4.78 is 18.5. The van der Waals surface area contributed by atoms with Crippen molar-refractivity contribution in [3.8, 4) is 11.6 Å². The maximum Gasteiger partial charge on any atom is 0.219 e. The molecule has 2 N–H and O–H groups in total. The number of hydrogen-bond donors (Lipinski definition) is 1. The molecule has 24 heavy (non-hydrogen) atoms. The number of benzene rings is 1. The topological polar surface area (TPSA) is 63.7 Å². The molecule has 0 bridgehead atoms. The molecule has 0 aliphatic rings. The van der Waals surface area contributed by atoms with Crippen LogP contribution in [-0.4, -0.2) is 28.9 Å². The fraction of sp³-hybridized carbons (Fsp3) is 0.294. The molecule has 0 aliphatic heterocycles. The molecule has 1 heterocycles. The number of guanidine groups is 1. The number of halogens is 2. The Bertz CT molecular complexity index is 660. The van der Waals surface area contributed by atoms with Crippen LogP contribution in [0.2, 0.25) is 0 Å². The lowest BCUT2D eigenvalue weighted by molar-refractivity contribution is 0.456. The molecular weight excluding hydrogens is 422 g/mol. The average molecular weight is 444 g/mol. The van der Waals surface area contributed by atoms with Crippen LogP contribution < -0.4 is 10.5 Å². The van der Waals surface area contributed by atoms with Crippen molar-refractivity contribution in [2.75, 3.05) is 13.1 Å². The van der Waals surface area contributed by atoms with Gasteiger partial charge in [0.15, 0.2) is 5.96 Å². The number of rotatable bonds is 6. The fourth-order valence-corrected chi connectivity index (χ4v) is 2.05. The Hall–Kier alpha value is -1.90. The zero-order chi connectivity index (χ0) is 16.7. The molecule has 0 saturated carbocycles. The fourth-order valence-electron chi connectivity index (χ4n) is 2.05. The van der Waals surface area contributed by atoms with E-state index < -0.39 is 0 Å². The van der Waals surface area contributed by atoms with Crippen molar-refractivity contribution >= 4 is 29.9 Å². The molecule has 0 amide bonds. The van der Waals surface area contributed by atoms with Gasteiger partial charge in [-0.1, -0.05) is 0 Å². The summed E-state index contributed by atoms with van der Waals surface area (Å²) in [6.45, 7) is 6.16. The van der Waals surface area contributed by atoms with E-state index in [0.29, 0.717) is 24.1 Å². The average Bonchev–Trinajstić information content (AvgIpc) is 2.57. The first-order valence-electron chi connectivity index (χ1n) is 7.55. The first-order chi connectivity index (χ1) is 11.1. The standard InChI is InChI=1S/C17H21FN4O.HI/c1-3-22(4-2)17(19)21-12-13-9-10-20-16(11-13)23-15-7-5-14(18)6-8-15;/h5-11H,3-4,12H2,1-2H3,(H2,19,21);1H. The smallest absolute Gasteiger partial charge is 0.219 e. The largest absolute Gasteiger partial charge is 0.439 e. The highest BCUT2D eigenvalue weighted by Gasteiger charge is 2.04. The van der Waals surface area contributed by atoms with Crippen LogP contribution in [0, 0.1) is 5.82 Å². The summed E-state index contributed by atoms with van der Waals surface area (Å²) >= 11 is 0. The van der Waals surface area contributed by atoms with Gasteiger partial charge in [-0.3, -0.25) is 0 Å². The number of aliphatic imine (C=N–C) groups is 1. The molecule has 0 fully saturated rings. The molecule has 0 spiro atoms. The predicted molar refractivity (Wildman–Crippen MR) is 104 cm³/mol. The quantitative estimate of drug-likeness (QED) is 0.419. The van der Waals surface area contributed by atoms with E-state index in [1.807, 2.05) is 24.8 Å². The molecule has 130 valence electrons. The molecule has 0 aliphatic carbocycles. The molecule has 7 heteroatoms. The van der Waals surface area contributed by atoms with Gasteiger partial charge in [-0.05, 0) is 49.7 Å². The molecule has 1 aromatic carbocycles. The highest BCUT2D eigenvalue weighted by molar-refractivity contribution is 14.0. The van der Waals surface area contributed by atoms with E-state index in [9.17, 15) is 4.39 Å². The van der Waals surface area contributed by atoms with Gasteiger partial charge in [-0.25, -0.2) is 14.4 Å². The second kappa shape index (κ2) is 10.1. The third-order valence-electron chi connectivity index (χ3n) is 3.35. The summed E-state index contributed by atoms with van der Waals surface area (Å²) in [6, 6.07) is 9.45. The Balaban J connectivity index is 0.00000288. The second-order valence-electron chi connectivity index (χ2n) is 4.91. The zero-order valence-corrected chi connectivity index (χ0v) is 16.1. The van der Waals surface area contributed by atoms with E-state index in [0.717, 1.165) is 18.7 Å². The molecule has 0 radical (unpaired) electrons. The SMILES string of the molecule is CCN(CC)C(N)=NCc1ccnc(Oc2ccc(F)cc2)c1.I. The van der Waals surface area contributed by atoms with E-state index >= 15 is 0 Å². The zero-order valence-electron chi connectivity index (χ0n) is 13.8. The molecule has 2 aromatic rings. The van der Waals surface area contributed by atoms with Crippen LogP contribution in [-0.2, 0) is 6.54 Å². The van der Waals surface area contributed by atoms with Gasteiger partial charge < -0.3 is 15.4 Å². The van der Waals surface area contributed by atoms with Crippen molar-refractivity contribution < 1.29 is 9.13 Å². The van der Waals surface area contributed by atoms with Crippen LogP contribution in [0.1, 0.15) is 19.4 Å². The Morgan fingerprint density at radius 2 is 1.88 bits per heavy atom. The Morgan fingerprint density at radius 3 is 2.50 bits per heavy atom. The monoisotopic (exact) mass is 444 g/mol. The van der Waals surface area contributed by atoms with Gasteiger partial charge in [-0.15, -0.1) is 24.0 Å². The highest BCUT2D eigenvalue weighted by Crippen LogP contribution is 2.20. The van der Waals surface area contributed by atoms with Crippen LogP contribution >= 0.6 is 24.0 Å².